The number of nitrogens with two attached hydrogens (primary N) is 1. The second-order valence-electron chi connectivity index (χ2n) is 6.68. The highest BCUT2D eigenvalue weighted by atomic mass is 32.2. The van der Waals surface area contributed by atoms with E-state index in [0.717, 1.165) is 16.8 Å². The minimum Gasteiger partial charge on any atom is -0.330 e. The fourth-order valence-corrected chi connectivity index (χ4v) is 4.87. The summed E-state index contributed by atoms with van der Waals surface area (Å²) in [4.78, 5) is 13.7. The fourth-order valence-electron chi connectivity index (χ4n) is 3.35. The number of hydrogen-bond donors (Lipinski definition) is 1. The lowest BCUT2D eigenvalue weighted by Crippen LogP contribution is -2.32. The topological polar surface area (TPSA) is 83.7 Å². The van der Waals surface area contributed by atoms with E-state index in [2.05, 4.69) is 0 Å². The molecule has 0 aromatic heterocycles. The van der Waals surface area contributed by atoms with Gasteiger partial charge in [-0.2, -0.15) is 4.31 Å². The molecule has 1 aliphatic rings. The Labute approximate surface area is 160 Å². The Hall–Kier alpha value is -2.22. The summed E-state index contributed by atoms with van der Waals surface area (Å²) >= 11 is 0. The van der Waals surface area contributed by atoms with Crippen molar-refractivity contribution in [1.82, 2.24) is 4.31 Å². The average Bonchev–Trinajstić information content (AvgIpc) is 3.09. The molecule has 0 saturated heterocycles. The van der Waals surface area contributed by atoms with Crippen molar-refractivity contribution in [2.24, 2.45) is 5.73 Å². The second-order valence-corrected chi connectivity index (χ2v) is 8.62. The summed E-state index contributed by atoms with van der Waals surface area (Å²) in [6.45, 7) is 3.21. The first-order valence-corrected chi connectivity index (χ1v) is 10.5. The van der Waals surface area contributed by atoms with Gasteiger partial charge in [0, 0.05) is 32.2 Å². The Bertz CT molecular complexity index is 913. The molecule has 3 rings (SSSR count). The van der Waals surface area contributed by atoms with Crippen LogP contribution in [0.25, 0.3) is 0 Å². The molecule has 0 aliphatic carbocycles. The van der Waals surface area contributed by atoms with Gasteiger partial charge in [0.2, 0.25) is 15.9 Å². The first-order chi connectivity index (χ1) is 12.9. The van der Waals surface area contributed by atoms with Crippen molar-refractivity contribution < 1.29 is 13.2 Å². The van der Waals surface area contributed by atoms with Gasteiger partial charge in [-0.1, -0.05) is 30.3 Å². The number of anilines is 1. The van der Waals surface area contributed by atoms with Gasteiger partial charge in [0.15, 0.2) is 0 Å². The van der Waals surface area contributed by atoms with Gasteiger partial charge in [-0.05, 0) is 48.7 Å². The first-order valence-electron chi connectivity index (χ1n) is 9.08. The van der Waals surface area contributed by atoms with Crippen LogP contribution in [0.2, 0.25) is 0 Å². The molecule has 1 amide bonds. The molecule has 1 aliphatic heterocycles. The highest BCUT2D eigenvalue weighted by Gasteiger charge is 2.28. The highest BCUT2D eigenvalue weighted by molar-refractivity contribution is 7.89. The number of sulfonamides is 1. The van der Waals surface area contributed by atoms with Crippen molar-refractivity contribution in [3.8, 4) is 0 Å². The van der Waals surface area contributed by atoms with Gasteiger partial charge in [-0.15, -0.1) is 0 Å². The van der Waals surface area contributed by atoms with E-state index >= 15 is 0 Å². The summed E-state index contributed by atoms with van der Waals surface area (Å²) in [5.41, 5.74) is 8.24. The smallest absolute Gasteiger partial charge is 0.243 e. The van der Waals surface area contributed by atoms with E-state index in [1.807, 2.05) is 30.3 Å². The molecule has 7 heteroatoms. The quantitative estimate of drug-likeness (QED) is 0.789. The zero-order valence-corrected chi connectivity index (χ0v) is 16.3. The van der Waals surface area contributed by atoms with Crippen molar-refractivity contribution >= 4 is 21.6 Å². The molecule has 2 N–H and O–H groups in total. The van der Waals surface area contributed by atoms with Crippen LogP contribution in [0.3, 0.4) is 0 Å². The molecular formula is C20H25N3O3S. The molecule has 0 unspecified atom stereocenters. The number of fused-ring (bicyclic) bond motifs is 1. The van der Waals surface area contributed by atoms with Crippen LogP contribution in [0.4, 0.5) is 5.69 Å². The molecule has 1 heterocycles. The predicted octanol–water partition coefficient (Wildman–Crippen LogP) is 2.14. The van der Waals surface area contributed by atoms with E-state index in [1.165, 1.54) is 11.2 Å². The van der Waals surface area contributed by atoms with Gasteiger partial charge in [-0.25, -0.2) is 8.42 Å². The van der Waals surface area contributed by atoms with Crippen LogP contribution >= 0.6 is 0 Å². The molecule has 144 valence electrons. The van der Waals surface area contributed by atoms with E-state index in [4.69, 9.17) is 5.73 Å². The number of benzene rings is 2. The van der Waals surface area contributed by atoms with Crippen LogP contribution in [-0.4, -0.2) is 38.3 Å². The zero-order chi connectivity index (χ0) is 19.4. The highest BCUT2D eigenvalue weighted by Crippen LogP contribution is 2.31. The maximum absolute atomic E-state index is 13.3. The Balaban J connectivity index is 1.91. The molecule has 0 spiro atoms. The summed E-state index contributed by atoms with van der Waals surface area (Å²) in [7, 11) is -3.66. The second kappa shape index (κ2) is 8.21. The molecular weight excluding hydrogens is 362 g/mol. The van der Waals surface area contributed by atoms with Crippen LogP contribution in [0.1, 0.15) is 24.5 Å². The predicted molar refractivity (Wildman–Crippen MR) is 106 cm³/mol. The molecule has 0 fully saturated rings. The van der Waals surface area contributed by atoms with Gasteiger partial charge in [0.25, 0.3) is 0 Å². The lowest BCUT2D eigenvalue weighted by molar-refractivity contribution is -0.116. The standard InChI is InChI=1S/C20H25N3O3S/c1-16(24)23-13-10-18-14-19(8-9-20(18)23)27(25,26)22(12-5-11-21)15-17-6-3-2-4-7-17/h2-4,6-9,14H,5,10-13,15,21H2,1H3. The number of hydrogen-bond acceptors (Lipinski definition) is 4. The normalized spacial score (nSPS) is 13.8. The average molecular weight is 388 g/mol. The monoisotopic (exact) mass is 387 g/mol. The van der Waals surface area contributed by atoms with Crippen molar-refractivity contribution in [3.05, 3.63) is 59.7 Å². The third-order valence-electron chi connectivity index (χ3n) is 4.78. The molecule has 0 saturated carbocycles. The number of carbonyl (C=O) groups excluding carboxylic acids is 1. The van der Waals surface area contributed by atoms with Crippen LogP contribution in [0.15, 0.2) is 53.4 Å². The molecule has 0 bridgehead atoms. The summed E-state index contributed by atoms with van der Waals surface area (Å²) < 4.78 is 28.0. The van der Waals surface area contributed by atoms with Gasteiger partial charge in [-0.3, -0.25) is 4.79 Å². The van der Waals surface area contributed by atoms with E-state index in [-0.39, 0.29) is 10.8 Å². The van der Waals surface area contributed by atoms with Crippen molar-refractivity contribution in [2.75, 3.05) is 24.5 Å². The van der Waals surface area contributed by atoms with Crippen molar-refractivity contribution in [1.29, 1.82) is 0 Å². The molecule has 2 aromatic carbocycles. The number of rotatable bonds is 7. The third-order valence-corrected chi connectivity index (χ3v) is 6.62. The minimum absolute atomic E-state index is 0.0296. The summed E-state index contributed by atoms with van der Waals surface area (Å²) in [6, 6.07) is 14.6. The maximum Gasteiger partial charge on any atom is 0.243 e. The Morgan fingerprint density at radius 1 is 1.19 bits per heavy atom. The zero-order valence-electron chi connectivity index (χ0n) is 15.5. The molecule has 6 nitrogen and oxygen atoms in total. The summed E-state index contributed by atoms with van der Waals surface area (Å²) in [6.07, 6.45) is 1.26. The maximum atomic E-state index is 13.3. The molecule has 27 heavy (non-hydrogen) atoms. The van der Waals surface area contributed by atoms with Crippen LogP contribution in [-0.2, 0) is 27.8 Å². The lowest BCUT2D eigenvalue weighted by atomic mass is 10.2. The van der Waals surface area contributed by atoms with Gasteiger partial charge >= 0.3 is 0 Å². The fraction of sp³-hybridized carbons (Fsp3) is 0.350. The lowest BCUT2D eigenvalue weighted by Gasteiger charge is -2.23. The largest absolute Gasteiger partial charge is 0.330 e. The molecule has 2 aromatic rings. The van der Waals surface area contributed by atoms with E-state index in [0.29, 0.717) is 39.0 Å². The summed E-state index contributed by atoms with van der Waals surface area (Å²) in [5.74, 6) is -0.0296. The summed E-state index contributed by atoms with van der Waals surface area (Å²) in [5, 5.41) is 0. The van der Waals surface area contributed by atoms with Crippen molar-refractivity contribution in [2.45, 2.75) is 31.2 Å². The van der Waals surface area contributed by atoms with Gasteiger partial charge in [0.1, 0.15) is 0 Å². The molecule has 0 atom stereocenters. The Morgan fingerprint density at radius 2 is 1.93 bits per heavy atom. The van der Waals surface area contributed by atoms with Gasteiger partial charge < -0.3 is 10.6 Å². The first kappa shape index (κ1) is 19.5. The van der Waals surface area contributed by atoms with Crippen LogP contribution in [0, 0.1) is 0 Å². The van der Waals surface area contributed by atoms with E-state index < -0.39 is 10.0 Å². The SMILES string of the molecule is CC(=O)N1CCc2cc(S(=O)(=O)N(CCCN)Cc3ccccc3)ccc21. The third kappa shape index (κ3) is 4.21. The van der Waals surface area contributed by atoms with Crippen LogP contribution < -0.4 is 10.6 Å². The number of carbonyl (C=O) groups is 1. The number of nitrogens with zero attached hydrogens (tertiary/aromatic N) is 2. The number of amides is 1. The van der Waals surface area contributed by atoms with E-state index in [9.17, 15) is 13.2 Å². The Morgan fingerprint density at radius 3 is 2.59 bits per heavy atom. The van der Waals surface area contributed by atoms with Crippen molar-refractivity contribution in [3.63, 3.8) is 0 Å². The van der Waals surface area contributed by atoms with Gasteiger partial charge in [0.05, 0.1) is 4.90 Å². The Kier molecular flexibility index (Phi) is 5.94. The molecule has 0 radical (unpaired) electrons. The van der Waals surface area contributed by atoms with Crippen LogP contribution in [0.5, 0.6) is 0 Å². The minimum atomic E-state index is -3.66. The van der Waals surface area contributed by atoms with E-state index in [1.54, 1.807) is 23.1 Å².